The lowest BCUT2D eigenvalue weighted by Gasteiger charge is -2.15. The second-order valence-corrected chi connectivity index (χ2v) is 10.1. The standard InChI is InChI=1S/C29H33N7O2/c1-30-14-19-12-17(25-15-33-27(35-25)23-4-2-10-31-23)6-8-20(19)21-9-7-18(13-22(21)29(37)38)26-16-34-28(36-26)24-5-3-11-32-24/h6-9,12-13,15-16,23-24,30-32H,2-5,10-11,14H2,1H3,(H,33,35)(H,34,36)(H,37,38)/t23-,24-/m0/s1. The number of H-pyrrole nitrogens is 2. The fourth-order valence-corrected chi connectivity index (χ4v) is 5.64. The first-order chi connectivity index (χ1) is 18.6. The maximum absolute atomic E-state index is 12.4. The fourth-order valence-electron chi connectivity index (χ4n) is 5.64. The van der Waals surface area contributed by atoms with Crippen molar-refractivity contribution in [1.29, 1.82) is 0 Å². The van der Waals surface area contributed by atoms with Gasteiger partial charge in [0.25, 0.3) is 0 Å². The summed E-state index contributed by atoms with van der Waals surface area (Å²) in [6.45, 7) is 2.62. The minimum atomic E-state index is -0.958. The Morgan fingerprint density at radius 2 is 1.47 bits per heavy atom. The van der Waals surface area contributed by atoms with Gasteiger partial charge in [-0.25, -0.2) is 14.8 Å². The van der Waals surface area contributed by atoms with Crippen molar-refractivity contribution in [3.05, 3.63) is 71.6 Å². The molecule has 38 heavy (non-hydrogen) atoms. The number of rotatable bonds is 8. The molecule has 4 aromatic rings. The lowest BCUT2D eigenvalue weighted by molar-refractivity contribution is 0.0697. The van der Waals surface area contributed by atoms with Gasteiger partial charge in [-0.2, -0.15) is 0 Å². The van der Waals surface area contributed by atoms with Crippen molar-refractivity contribution >= 4 is 5.97 Å². The van der Waals surface area contributed by atoms with Crippen LogP contribution in [-0.2, 0) is 6.54 Å². The zero-order chi connectivity index (χ0) is 26.1. The molecular weight excluding hydrogens is 478 g/mol. The summed E-state index contributed by atoms with van der Waals surface area (Å²) in [6.07, 6.45) is 8.09. The number of aromatic nitrogens is 4. The third kappa shape index (κ3) is 4.76. The van der Waals surface area contributed by atoms with Gasteiger partial charge in [-0.1, -0.05) is 24.3 Å². The van der Waals surface area contributed by atoms with Crippen LogP contribution in [0.1, 0.15) is 65.3 Å². The monoisotopic (exact) mass is 511 g/mol. The molecule has 2 aromatic heterocycles. The number of carbonyl (C=O) groups is 1. The molecule has 0 aliphatic carbocycles. The minimum Gasteiger partial charge on any atom is -0.478 e. The van der Waals surface area contributed by atoms with Gasteiger partial charge in [0.1, 0.15) is 11.6 Å². The van der Waals surface area contributed by atoms with Crippen molar-refractivity contribution in [2.45, 2.75) is 44.3 Å². The Kier molecular flexibility index (Phi) is 6.80. The highest BCUT2D eigenvalue weighted by molar-refractivity contribution is 5.98. The molecule has 0 unspecified atom stereocenters. The number of carboxylic acids is 1. The largest absolute Gasteiger partial charge is 0.478 e. The van der Waals surface area contributed by atoms with E-state index in [1.54, 1.807) is 12.3 Å². The second-order valence-electron chi connectivity index (χ2n) is 10.1. The van der Waals surface area contributed by atoms with Crippen LogP contribution in [0.25, 0.3) is 33.6 Å². The summed E-state index contributed by atoms with van der Waals surface area (Å²) in [5.41, 5.74) is 6.47. The van der Waals surface area contributed by atoms with E-state index in [0.29, 0.717) is 12.1 Å². The van der Waals surface area contributed by atoms with Gasteiger partial charge in [-0.05, 0) is 80.2 Å². The van der Waals surface area contributed by atoms with Gasteiger partial charge in [0.15, 0.2) is 0 Å². The van der Waals surface area contributed by atoms with Crippen molar-refractivity contribution in [3.63, 3.8) is 0 Å². The maximum atomic E-state index is 12.4. The third-order valence-corrected chi connectivity index (χ3v) is 7.61. The summed E-state index contributed by atoms with van der Waals surface area (Å²) in [7, 11) is 1.90. The molecule has 2 fully saturated rings. The van der Waals surface area contributed by atoms with Gasteiger partial charge < -0.3 is 31.0 Å². The molecule has 0 saturated carbocycles. The Labute approximate surface area is 221 Å². The van der Waals surface area contributed by atoms with E-state index < -0.39 is 5.97 Å². The summed E-state index contributed by atoms with van der Waals surface area (Å²) in [6, 6.07) is 12.3. The molecular formula is C29H33N7O2. The Morgan fingerprint density at radius 3 is 2.00 bits per heavy atom. The summed E-state index contributed by atoms with van der Waals surface area (Å²) < 4.78 is 0. The number of aromatic carboxylic acids is 1. The Morgan fingerprint density at radius 1 is 0.895 bits per heavy atom. The van der Waals surface area contributed by atoms with E-state index in [4.69, 9.17) is 0 Å². The summed E-state index contributed by atoms with van der Waals surface area (Å²) in [4.78, 5) is 28.4. The van der Waals surface area contributed by atoms with Gasteiger partial charge in [-0.3, -0.25) is 0 Å². The molecule has 6 rings (SSSR count). The molecule has 2 atom stereocenters. The number of aromatic amines is 2. The van der Waals surface area contributed by atoms with Crippen LogP contribution in [0, 0.1) is 0 Å². The van der Waals surface area contributed by atoms with Crippen LogP contribution in [0.2, 0.25) is 0 Å². The van der Waals surface area contributed by atoms with Crippen LogP contribution < -0.4 is 16.0 Å². The number of nitrogens with one attached hydrogen (secondary N) is 5. The molecule has 2 saturated heterocycles. The number of hydrogen-bond acceptors (Lipinski definition) is 6. The molecule has 0 amide bonds. The lowest BCUT2D eigenvalue weighted by atomic mass is 9.91. The molecule has 0 radical (unpaired) electrons. The second kappa shape index (κ2) is 10.5. The zero-order valence-electron chi connectivity index (χ0n) is 21.5. The number of benzene rings is 2. The Hall–Kier alpha value is -3.79. The molecule has 9 heteroatoms. The lowest BCUT2D eigenvalue weighted by Crippen LogP contribution is -2.14. The van der Waals surface area contributed by atoms with Crippen LogP contribution in [-0.4, -0.2) is 51.1 Å². The van der Waals surface area contributed by atoms with Crippen molar-refractivity contribution in [3.8, 4) is 33.6 Å². The SMILES string of the molecule is CNCc1cc(-c2cnc([C@@H]3CCCN3)[nH]2)ccc1-c1ccc(-c2cnc([C@@H]3CCCN3)[nH]2)cc1C(=O)O. The van der Waals surface area contributed by atoms with Crippen molar-refractivity contribution in [2.24, 2.45) is 0 Å². The van der Waals surface area contributed by atoms with Gasteiger partial charge in [-0.15, -0.1) is 0 Å². The normalized spacial score (nSPS) is 19.3. The predicted octanol–water partition coefficient (Wildman–Crippen LogP) is 4.40. The first kappa shape index (κ1) is 24.5. The highest BCUT2D eigenvalue weighted by Gasteiger charge is 2.22. The Bertz CT molecular complexity index is 1440. The van der Waals surface area contributed by atoms with E-state index in [1.165, 1.54) is 0 Å². The van der Waals surface area contributed by atoms with E-state index in [2.05, 4.69) is 42.0 Å². The highest BCUT2D eigenvalue weighted by atomic mass is 16.4. The van der Waals surface area contributed by atoms with Crippen LogP contribution in [0.5, 0.6) is 0 Å². The number of carboxylic acid groups (broad SMARTS) is 1. The minimum absolute atomic E-state index is 0.227. The first-order valence-electron chi connectivity index (χ1n) is 13.3. The molecule has 0 spiro atoms. The van der Waals surface area contributed by atoms with Crippen LogP contribution in [0.15, 0.2) is 48.8 Å². The Balaban J connectivity index is 1.34. The average Bonchev–Trinajstić information content (AvgIpc) is 3.75. The summed E-state index contributed by atoms with van der Waals surface area (Å²) in [5.74, 6) is 0.906. The van der Waals surface area contributed by atoms with Crippen molar-refractivity contribution < 1.29 is 9.90 Å². The maximum Gasteiger partial charge on any atom is 0.336 e. The van der Waals surface area contributed by atoms with Crippen LogP contribution in [0.3, 0.4) is 0 Å². The molecule has 2 aliphatic heterocycles. The predicted molar refractivity (Wildman–Crippen MR) is 147 cm³/mol. The van der Waals surface area contributed by atoms with E-state index in [-0.39, 0.29) is 17.6 Å². The van der Waals surface area contributed by atoms with Gasteiger partial charge in [0.2, 0.25) is 0 Å². The number of imidazole rings is 2. The number of nitrogens with zero attached hydrogens (tertiary/aromatic N) is 2. The highest BCUT2D eigenvalue weighted by Crippen LogP contribution is 2.34. The average molecular weight is 512 g/mol. The van der Waals surface area contributed by atoms with E-state index >= 15 is 0 Å². The quantitative estimate of drug-likeness (QED) is 0.207. The smallest absolute Gasteiger partial charge is 0.336 e. The molecule has 6 N–H and O–H groups in total. The third-order valence-electron chi connectivity index (χ3n) is 7.61. The molecule has 2 aromatic carbocycles. The van der Waals surface area contributed by atoms with E-state index in [0.717, 1.165) is 84.1 Å². The summed E-state index contributed by atoms with van der Waals surface area (Å²) in [5, 5.41) is 20.3. The van der Waals surface area contributed by atoms with Gasteiger partial charge >= 0.3 is 5.97 Å². The van der Waals surface area contributed by atoms with E-state index in [9.17, 15) is 9.90 Å². The molecule has 2 aliphatic rings. The molecule has 9 nitrogen and oxygen atoms in total. The molecule has 4 heterocycles. The molecule has 0 bridgehead atoms. The van der Waals surface area contributed by atoms with Crippen molar-refractivity contribution in [1.82, 2.24) is 35.9 Å². The van der Waals surface area contributed by atoms with Crippen LogP contribution >= 0.6 is 0 Å². The fraction of sp³-hybridized carbons (Fsp3) is 0.345. The van der Waals surface area contributed by atoms with E-state index in [1.807, 2.05) is 37.5 Å². The van der Waals surface area contributed by atoms with Gasteiger partial charge in [0, 0.05) is 12.1 Å². The molecule has 196 valence electrons. The zero-order valence-corrected chi connectivity index (χ0v) is 21.5. The van der Waals surface area contributed by atoms with Crippen molar-refractivity contribution in [2.75, 3.05) is 20.1 Å². The van der Waals surface area contributed by atoms with Gasteiger partial charge in [0.05, 0.1) is 41.4 Å². The number of hydrogen-bond donors (Lipinski definition) is 6. The first-order valence-corrected chi connectivity index (χ1v) is 13.3. The summed E-state index contributed by atoms with van der Waals surface area (Å²) >= 11 is 0. The van der Waals surface area contributed by atoms with Crippen LogP contribution in [0.4, 0.5) is 0 Å². The topological polar surface area (TPSA) is 131 Å².